The van der Waals surface area contributed by atoms with Crippen LogP contribution in [0, 0.1) is 17.6 Å². The maximum absolute atomic E-state index is 14.5. The van der Waals surface area contributed by atoms with Gasteiger partial charge in [0.15, 0.2) is 0 Å². The van der Waals surface area contributed by atoms with E-state index in [1.54, 1.807) is 36.1 Å². The number of pyridine rings is 1. The number of amides is 3. The molecule has 236 valence electrons. The molecule has 45 heavy (non-hydrogen) atoms. The van der Waals surface area contributed by atoms with Gasteiger partial charge < -0.3 is 29.7 Å². The molecule has 0 unspecified atom stereocenters. The first kappa shape index (κ1) is 30.3. The molecule has 2 saturated heterocycles. The van der Waals surface area contributed by atoms with Crippen molar-refractivity contribution >= 4 is 29.3 Å². The molecule has 12 heteroatoms. The van der Waals surface area contributed by atoms with Crippen molar-refractivity contribution < 1.29 is 27.9 Å². The van der Waals surface area contributed by atoms with Gasteiger partial charge in [-0.3, -0.25) is 14.4 Å². The lowest BCUT2D eigenvalue weighted by atomic mass is 9.83. The monoisotopic (exact) mass is 619 g/mol. The van der Waals surface area contributed by atoms with Gasteiger partial charge in [-0.2, -0.15) is 0 Å². The van der Waals surface area contributed by atoms with Crippen molar-refractivity contribution in [3.05, 3.63) is 93.4 Å². The van der Waals surface area contributed by atoms with Crippen molar-refractivity contribution in [3.8, 4) is 0 Å². The molecule has 3 aliphatic rings. The Labute approximate surface area is 259 Å². The zero-order valence-electron chi connectivity index (χ0n) is 24.9. The maximum Gasteiger partial charge on any atom is 0.409 e. The predicted molar refractivity (Wildman–Crippen MR) is 164 cm³/mol. The van der Waals surface area contributed by atoms with Gasteiger partial charge in [-0.15, -0.1) is 0 Å². The lowest BCUT2D eigenvalue weighted by Gasteiger charge is -2.44. The fourth-order valence-electron chi connectivity index (χ4n) is 6.74. The summed E-state index contributed by atoms with van der Waals surface area (Å²) >= 11 is 0. The summed E-state index contributed by atoms with van der Waals surface area (Å²) in [6.45, 7) is 4.66. The minimum atomic E-state index is -0.994. The number of piperidine rings is 2. The molecule has 3 aliphatic heterocycles. The summed E-state index contributed by atoms with van der Waals surface area (Å²) in [5.74, 6) is -3.08. The van der Waals surface area contributed by atoms with Crippen LogP contribution in [-0.2, 0) is 11.3 Å². The number of anilines is 2. The number of aromatic nitrogens is 1. The second kappa shape index (κ2) is 12.7. The molecule has 0 saturated carbocycles. The van der Waals surface area contributed by atoms with E-state index in [-0.39, 0.29) is 46.7 Å². The molecular formula is C33H35F2N5O5. The van der Waals surface area contributed by atoms with Crippen LogP contribution in [0.3, 0.4) is 0 Å². The Morgan fingerprint density at radius 1 is 0.933 bits per heavy atom. The Bertz CT molecular complexity index is 1670. The zero-order valence-corrected chi connectivity index (χ0v) is 24.9. The van der Waals surface area contributed by atoms with Crippen molar-refractivity contribution in [2.75, 3.05) is 43.0 Å². The van der Waals surface area contributed by atoms with E-state index in [9.17, 15) is 28.0 Å². The van der Waals surface area contributed by atoms with Gasteiger partial charge in [-0.1, -0.05) is 12.1 Å². The molecule has 1 aromatic heterocycles. The van der Waals surface area contributed by atoms with Crippen molar-refractivity contribution in [2.24, 2.45) is 5.92 Å². The van der Waals surface area contributed by atoms with Crippen molar-refractivity contribution in [3.63, 3.8) is 0 Å². The normalized spacial score (nSPS) is 19.4. The molecule has 2 aromatic carbocycles. The number of rotatable bonds is 6. The summed E-state index contributed by atoms with van der Waals surface area (Å²) in [4.78, 5) is 54.8. The number of hydrogen-bond acceptors (Lipinski definition) is 6. The van der Waals surface area contributed by atoms with Crippen LogP contribution in [0.4, 0.5) is 25.0 Å². The fraction of sp³-hybridized carbons (Fsp3) is 0.394. The molecule has 3 amide bonds. The van der Waals surface area contributed by atoms with Crippen molar-refractivity contribution in [1.82, 2.24) is 14.8 Å². The van der Waals surface area contributed by atoms with E-state index < -0.39 is 23.1 Å². The Kier molecular flexibility index (Phi) is 8.55. The van der Waals surface area contributed by atoms with Crippen LogP contribution in [0.25, 0.3) is 0 Å². The predicted octanol–water partition coefficient (Wildman–Crippen LogP) is 4.35. The first-order chi connectivity index (χ1) is 21.7. The van der Waals surface area contributed by atoms with E-state index in [4.69, 9.17) is 4.74 Å². The van der Waals surface area contributed by atoms with Gasteiger partial charge >= 0.3 is 6.09 Å². The average Bonchev–Trinajstić information content (AvgIpc) is 3.02. The van der Waals surface area contributed by atoms with Gasteiger partial charge in [-0.25, -0.2) is 13.6 Å². The number of benzene rings is 2. The number of ether oxygens (including phenoxy) is 1. The van der Waals surface area contributed by atoms with Gasteiger partial charge in [0.05, 0.1) is 18.0 Å². The van der Waals surface area contributed by atoms with Crippen LogP contribution in [0.1, 0.15) is 58.5 Å². The molecule has 6 rings (SSSR count). The lowest BCUT2D eigenvalue weighted by molar-refractivity contribution is 0.0859. The number of nitrogens with zero attached hydrogens (tertiary/aromatic N) is 3. The first-order valence-electron chi connectivity index (χ1n) is 15.3. The second-order valence-electron chi connectivity index (χ2n) is 11.8. The van der Waals surface area contributed by atoms with E-state index in [1.165, 1.54) is 12.1 Å². The van der Waals surface area contributed by atoms with Gasteiger partial charge in [-0.05, 0) is 68.5 Å². The summed E-state index contributed by atoms with van der Waals surface area (Å²) in [5, 5.41) is 5.68. The van der Waals surface area contributed by atoms with Crippen molar-refractivity contribution in [1.29, 1.82) is 0 Å². The maximum atomic E-state index is 14.5. The van der Waals surface area contributed by atoms with E-state index in [0.29, 0.717) is 57.9 Å². The average molecular weight is 620 g/mol. The molecule has 0 spiro atoms. The minimum absolute atomic E-state index is 0.0301. The van der Waals surface area contributed by atoms with Gasteiger partial charge in [0.25, 0.3) is 17.4 Å². The van der Waals surface area contributed by atoms with E-state index in [1.807, 2.05) is 10.6 Å². The van der Waals surface area contributed by atoms with E-state index >= 15 is 0 Å². The molecular weight excluding hydrogens is 584 g/mol. The minimum Gasteiger partial charge on any atom is -0.450 e. The first-order valence-corrected chi connectivity index (χ1v) is 15.3. The molecule has 2 N–H and O–H groups in total. The number of carbonyl (C=O) groups is 3. The molecule has 4 heterocycles. The summed E-state index contributed by atoms with van der Waals surface area (Å²) in [6.07, 6.45) is 1.65. The zero-order chi connectivity index (χ0) is 31.7. The highest BCUT2D eigenvalue weighted by molar-refractivity contribution is 6.07. The Balaban J connectivity index is 1.25. The quantitative estimate of drug-likeness (QED) is 0.424. The molecule has 0 aliphatic carbocycles. The van der Waals surface area contributed by atoms with Crippen LogP contribution in [0.5, 0.6) is 0 Å². The number of carbonyl (C=O) groups excluding carboxylic acids is 3. The Morgan fingerprint density at radius 3 is 2.40 bits per heavy atom. The summed E-state index contributed by atoms with van der Waals surface area (Å²) in [7, 11) is 0. The van der Waals surface area contributed by atoms with Crippen LogP contribution in [-0.4, -0.2) is 66.2 Å². The SMILES string of the molecule is CCOC(=O)N1CCC(NC(=O)c2ccc(N3C[C@H]4C[C@@H](C3)c3cccc(=O)n3C4)c(NC(=O)c3c(F)cccc3F)c2)CC1. The number of likely N-dealkylation sites (tertiary alicyclic amines) is 1. The van der Waals surface area contributed by atoms with E-state index in [0.717, 1.165) is 24.2 Å². The standard InChI is InChI=1S/C33H35F2N5O5/c1-2-45-33(44)38-13-11-23(12-14-38)36-31(42)21-9-10-28(26(16-21)37-32(43)30-24(34)5-3-6-25(30)35)39-17-20-15-22(19-39)27-7-4-8-29(41)40(27)18-20/h3-10,16,20,22-23H,2,11-15,17-19H2,1H3,(H,36,42)(H,37,43)/t20-,22+/m1/s1. The summed E-state index contributed by atoms with van der Waals surface area (Å²) in [5.41, 5.74) is 1.34. The van der Waals surface area contributed by atoms with Gasteiger partial charge in [0, 0.05) is 62.0 Å². The lowest BCUT2D eigenvalue weighted by Crippen LogP contribution is -2.47. The number of fused-ring (bicyclic) bond motifs is 4. The number of halogens is 2. The fourth-order valence-corrected chi connectivity index (χ4v) is 6.74. The second-order valence-corrected chi connectivity index (χ2v) is 11.8. The highest BCUT2D eigenvalue weighted by atomic mass is 19.1. The van der Waals surface area contributed by atoms with Crippen LogP contribution in [0.2, 0.25) is 0 Å². The largest absolute Gasteiger partial charge is 0.450 e. The Hall–Kier alpha value is -4.74. The summed E-state index contributed by atoms with van der Waals surface area (Å²) < 4.78 is 36.0. The van der Waals surface area contributed by atoms with Crippen LogP contribution in [0.15, 0.2) is 59.4 Å². The molecule has 2 fully saturated rings. The van der Waals surface area contributed by atoms with Crippen LogP contribution < -0.4 is 21.1 Å². The molecule has 2 bridgehead atoms. The topological polar surface area (TPSA) is 113 Å². The third-order valence-electron chi connectivity index (χ3n) is 8.87. The summed E-state index contributed by atoms with van der Waals surface area (Å²) in [6, 6.07) is 13.3. The molecule has 10 nitrogen and oxygen atoms in total. The number of nitrogens with one attached hydrogen (secondary N) is 2. The van der Waals surface area contributed by atoms with E-state index in [2.05, 4.69) is 15.5 Å². The Morgan fingerprint density at radius 2 is 1.67 bits per heavy atom. The number of hydrogen-bond donors (Lipinski definition) is 2. The van der Waals surface area contributed by atoms with Gasteiger partial charge in [0.2, 0.25) is 0 Å². The molecule has 2 atom stereocenters. The molecule has 0 radical (unpaired) electrons. The third kappa shape index (κ3) is 6.27. The van der Waals surface area contributed by atoms with Crippen molar-refractivity contribution in [2.45, 2.75) is 44.7 Å². The van der Waals surface area contributed by atoms with Gasteiger partial charge in [0.1, 0.15) is 17.2 Å². The van der Waals surface area contributed by atoms with Crippen LogP contribution >= 0.6 is 0 Å². The third-order valence-corrected chi connectivity index (χ3v) is 8.87. The highest BCUT2D eigenvalue weighted by Gasteiger charge is 2.36. The smallest absolute Gasteiger partial charge is 0.409 e. The highest BCUT2D eigenvalue weighted by Crippen LogP contribution is 2.39. The molecule has 3 aromatic rings.